The third-order valence-electron chi connectivity index (χ3n) is 7.54. The number of carbonyl (C=O) groups is 2. The van der Waals surface area contributed by atoms with Crippen molar-refractivity contribution in [3.63, 3.8) is 0 Å². The second-order valence-electron chi connectivity index (χ2n) is 9.92. The number of rotatable bonds is 5. The molecule has 3 aliphatic rings. The van der Waals surface area contributed by atoms with E-state index in [4.69, 9.17) is 4.74 Å². The van der Waals surface area contributed by atoms with E-state index in [0.29, 0.717) is 58.9 Å². The van der Waals surface area contributed by atoms with E-state index in [1.165, 1.54) is 12.1 Å². The molecular weight excluding hydrogens is 463 g/mol. The van der Waals surface area contributed by atoms with Gasteiger partial charge in [0, 0.05) is 44.0 Å². The molecule has 0 unspecified atom stereocenters. The Balaban J connectivity index is 1.43. The largest absolute Gasteiger partial charge is 0.421 e. The fourth-order valence-corrected chi connectivity index (χ4v) is 4.98. The normalized spacial score (nSPS) is 22.7. The summed E-state index contributed by atoms with van der Waals surface area (Å²) >= 11 is 0. The molecule has 1 saturated carbocycles. The van der Waals surface area contributed by atoms with Gasteiger partial charge in [0.1, 0.15) is 5.41 Å². The molecule has 0 spiro atoms. The molecule has 3 fully saturated rings. The zero-order chi connectivity index (χ0) is 25.4. The quantitative estimate of drug-likeness (QED) is 0.679. The van der Waals surface area contributed by atoms with E-state index in [2.05, 4.69) is 6.07 Å². The number of piperidine rings is 1. The number of benzene rings is 1. The van der Waals surface area contributed by atoms with E-state index >= 15 is 0 Å². The van der Waals surface area contributed by atoms with E-state index in [-0.39, 0.29) is 35.0 Å². The number of amides is 2. The van der Waals surface area contributed by atoms with E-state index in [0.717, 1.165) is 25.0 Å². The highest BCUT2D eigenvalue weighted by atomic mass is 19.4. The summed E-state index contributed by atoms with van der Waals surface area (Å²) in [5, 5.41) is 19.6. The molecule has 35 heavy (non-hydrogen) atoms. The highest BCUT2D eigenvalue weighted by Crippen LogP contribution is 2.39. The van der Waals surface area contributed by atoms with Crippen LogP contribution in [0.15, 0.2) is 24.3 Å². The average Bonchev–Trinajstić information content (AvgIpc) is 3.69. The van der Waals surface area contributed by atoms with Crippen LogP contribution in [0.5, 0.6) is 0 Å². The van der Waals surface area contributed by atoms with Crippen LogP contribution in [-0.2, 0) is 15.1 Å². The third kappa shape index (κ3) is 4.89. The molecule has 2 saturated heterocycles. The lowest BCUT2D eigenvalue weighted by atomic mass is 9.80. The lowest BCUT2D eigenvalue weighted by molar-refractivity contribution is -0.258. The maximum absolute atomic E-state index is 13.3. The predicted molar refractivity (Wildman–Crippen MR) is 119 cm³/mol. The van der Waals surface area contributed by atoms with Gasteiger partial charge < -0.3 is 19.6 Å². The van der Waals surface area contributed by atoms with Crippen molar-refractivity contribution in [2.24, 2.45) is 5.41 Å². The number of aliphatic hydroxyl groups is 1. The summed E-state index contributed by atoms with van der Waals surface area (Å²) < 4.78 is 44.7. The van der Waals surface area contributed by atoms with Gasteiger partial charge in [0.2, 0.25) is 5.91 Å². The van der Waals surface area contributed by atoms with Crippen LogP contribution in [0.2, 0.25) is 0 Å². The van der Waals surface area contributed by atoms with Gasteiger partial charge in [-0.15, -0.1) is 0 Å². The van der Waals surface area contributed by atoms with Gasteiger partial charge in [-0.3, -0.25) is 9.59 Å². The second-order valence-corrected chi connectivity index (χ2v) is 9.92. The molecule has 2 amide bonds. The molecule has 190 valence electrons. The molecule has 10 heteroatoms. The lowest BCUT2D eigenvalue weighted by Gasteiger charge is -2.41. The van der Waals surface area contributed by atoms with Gasteiger partial charge in [0.25, 0.3) is 5.91 Å². The van der Waals surface area contributed by atoms with Crippen LogP contribution >= 0.6 is 0 Å². The Bertz CT molecular complexity index is 985. The summed E-state index contributed by atoms with van der Waals surface area (Å²) in [5.74, 6) is -0.424. The summed E-state index contributed by atoms with van der Waals surface area (Å²) in [4.78, 5) is 30.0. The van der Waals surface area contributed by atoms with Crippen molar-refractivity contribution in [1.29, 1.82) is 5.26 Å². The first-order chi connectivity index (χ1) is 16.5. The van der Waals surface area contributed by atoms with Gasteiger partial charge in [-0.05, 0) is 63.1 Å². The van der Waals surface area contributed by atoms with E-state index in [1.807, 2.05) is 4.90 Å². The Hall–Kier alpha value is -2.64. The van der Waals surface area contributed by atoms with Gasteiger partial charge in [0.05, 0.1) is 6.07 Å². The lowest BCUT2D eigenvalue weighted by Crippen LogP contribution is -2.53. The third-order valence-corrected chi connectivity index (χ3v) is 7.54. The number of nitrogens with zero attached hydrogens (tertiary/aromatic N) is 3. The number of halogens is 3. The molecule has 0 aromatic heterocycles. The van der Waals surface area contributed by atoms with Gasteiger partial charge >= 0.3 is 6.18 Å². The Morgan fingerprint density at radius 3 is 2.11 bits per heavy atom. The molecule has 0 radical (unpaired) electrons. The number of nitriles is 1. The van der Waals surface area contributed by atoms with Crippen LogP contribution < -0.4 is 0 Å². The standard InChI is InChI=1S/C25H30F3N3O4/c1-23(34,25(26,27)28)18-4-2-17(3-5-18)21(32)31(19-6-7-19)20-8-12-30(13-9-20)22(33)24(16-29)10-14-35-15-11-24/h2-5,19-20,34H,6-15H2,1H3/t23-/m0/s1. The van der Waals surface area contributed by atoms with E-state index < -0.39 is 17.2 Å². The summed E-state index contributed by atoms with van der Waals surface area (Å²) in [6.07, 6.45) is -1.19. The minimum Gasteiger partial charge on any atom is -0.381 e. The number of ether oxygens (including phenoxy) is 1. The minimum atomic E-state index is -4.83. The first-order valence-corrected chi connectivity index (χ1v) is 12.0. The first-order valence-electron chi connectivity index (χ1n) is 12.0. The maximum atomic E-state index is 13.3. The van der Waals surface area contributed by atoms with E-state index in [9.17, 15) is 33.1 Å². The number of carbonyl (C=O) groups excluding carboxylic acids is 2. The van der Waals surface area contributed by atoms with Crippen molar-refractivity contribution in [2.45, 2.75) is 69.3 Å². The predicted octanol–water partition coefficient (Wildman–Crippen LogP) is 3.37. The van der Waals surface area contributed by atoms with Crippen molar-refractivity contribution in [1.82, 2.24) is 9.80 Å². The van der Waals surface area contributed by atoms with Crippen molar-refractivity contribution >= 4 is 11.8 Å². The van der Waals surface area contributed by atoms with Gasteiger partial charge in [0.15, 0.2) is 5.60 Å². The molecule has 1 atom stereocenters. The topological polar surface area (TPSA) is 93.9 Å². The smallest absolute Gasteiger partial charge is 0.381 e. The van der Waals surface area contributed by atoms with Crippen LogP contribution in [0.4, 0.5) is 13.2 Å². The molecular formula is C25H30F3N3O4. The Labute approximate surface area is 202 Å². The number of hydrogen-bond acceptors (Lipinski definition) is 5. The number of alkyl halides is 3. The van der Waals surface area contributed by atoms with Gasteiger partial charge in [-0.2, -0.15) is 18.4 Å². The highest BCUT2D eigenvalue weighted by Gasteiger charge is 2.51. The zero-order valence-corrected chi connectivity index (χ0v) is 19.7. The van der Waals surface area contributed by atoms with Crippen LogP contribution in [0, 0.1) is 16.7 Å². The van der Waals surface area contributed by atoms with Crippen LogP contribution in [0.25, 0.3) is 0 Å². The van der Waals surface area contributed by atoms with Crippen molar-refractivity contribution in [3.05, 3.63) is 35.4 Å². The fraction of sp³-hybridized carbons (Fsp3) is 0.640. The highest BCUT2D eigenvalue weighted by molar-refractivity contribution is 5.95. The molecule has 1 aromatic carbocycles. The summed E-state index contributed by atoms with van der Waals surface area (Å²) in [5.41, 5.74) is -4.11. The average molecular weight is 494 g/mol. The molecule has 7 nitrogen and oxygen atoms in total. The number of hydrogen-bond donors (Lipinski definition) is 1. The van der Waals surface area contributed by atoms with Crippen LogP contribution in [-0.4, -0.2) is 71.3 Å². The fourth-order valence-electron chi connectivity index (χ4n) is 4.98. The molecule has 2 heterocycles. The molecule has 2 aliphatic heterocycles. The Morgan fingerprint density at radius 2 is 1.63 bits per heavy atom. The maximum Gasteiger partial charge on any atom is 0.421 e. The van der Waals surface area contributed by atoms with Crippen molar-refractivity contribution < 1.29 is 32.6 Å². The summed E-state index contributed by atoms with van der Waals surface area (Å²) in [7, 11) is 0. The summed E-state index contributed by atoms with van der Waals surface area (Å²) in [6.45, 7) is 2.34. The van der Waals surface area contributed by atoms with Gasteiger partial charge in [-0.1, -0.05) is 12.1 Å². The number of likely N-dealkylation sites (tertiary alicyclic amines) is 1. The van der Waals surface area contributed by atoms with Crippen LogP contribution in [0.3, 0.4) is 0 Å². The molecule has 1 aliphatic carbocycles. The minimum absolute atomic E-state index is 0.0775. The molecule has 4 rings (SSSR count). The molecule has 1 aromatic rings. The monoisotopic (exact) mass is 493 g/mol. The first kappa shape index (κ1) is 25.5. The van der Waals surface area contributed by atoms with Crippen molar-refractivity contribution in [2.75, 3.05) is 26.3 Å². The SMILES string of the molecule is C[C@](O)(c1ccc(C(=O)N(C2CC2)C2CCN(C(=O)C3(C#N)CCOCC3)CC2)cc1)C(F)(F)F. The molecule has 1 N–H and O–H groups in total. The zero-order valence-electron chi connectivity index (χ0n) is 19.7. The van der Waals surface area contributed by atoms with E-state index in [1.54, 1.807) is 4.90 Å². The van der Waals surface area contributed by atoms with Crippen molar-refractivity contribution in [3.8, 4) is 6.07 Å². The summed E-state index contributed by atoms with van der Waals surface area (Å²) in [6, 6.07) is 7.14. The molecule has 0 bridgehead atoms. The van der Waals surface area contributed by atoms with Crippen LogP contribution in [0.1, 0.15) is 61.4 Å². The Kier molecular flexibility index (Phi) is 6.86. The van der Waals surface area contributed by atoms with Gasteiger partial charge in [-0.25, -0.2) is 0 Å². The second kappa shape index (κ2) is 9.43. The Morgan fingerprint density at radius 1 is 1.09 bits per heavy atom.